The molecule has 0 radical (unpaired) electrons. The highest BCUT2D eigenvalue weighted by Gasteiger charge is 2.40. The summed E-state index contributed by atoms with van der Waals surface area (Å²) in [6, 6.07) is 2.32. The number of nitrogens with one attached hydrogen (secondary N) is 1. The predicted octanol–water partition coefficient (Wildman–Crippen LogP) is 3.43. The first-order chi connectivity index (χ1) is 10.7. The summed E-state index contributed by atoms with van der Waals surface area (Å²) in [6.07, 6.45) is 8.64. The van der Waals surface area contributed by atoms with Crippen LogP contribution in [0.3, 0.4) is 0 Å². The van der Waals surface area contributed by atoms with Crippen LogP contribution in [-0.2, 0) is 0 Å². The molecule has 2 aliphatic carbocycles. The van der Waals surface area contributed by atoms with Gasteiger partial charge in [-0.15, -0.1) is 11.3 Å². The van der Waals surface area contributed by atoms with E-state index in [-0.39, 0.29) is 5.91 Å². The molecule has 1 N–H and O–H groups in total. The topological polar surface area (TPSA) is 54.9 Å². The van der Waals surface area contributed by atoms with Crippen LogP contribution < -0.4 is 5.32 Å². The summed E-state index contributed by atoms with van der Waals surface area (Å²) in [5, 5.41) is 5.91. The molecule has 2 aliphatic rings. The molecule has 114 valence electrons. The van der Waals surface area contributed by atoms with Crippen LogP contribution in [0, 0.1) is 18.8 Å². The van der Waals surface area contributed by atoms with Crippen molar-refractivity contribution in [1.29, 1.82) is 0 Å². The second kappa shape index (κ2) is 5.47. The SMILES string of the molecule is Cc1ccncc1-c1nc(C(=O)NC2CC3CCC2C3)cs1. The van der Waals surface area contributed by atoms with E-state index < -0.39 is 0 Å². The van der Waals surface area contributed by atoms with Crippen molar-refractivity contribution in [1.82, 2.24) is 15.3 Å². The normalized spacial score (nSPS) is 26.3. The second-order valence-electron chi connectivity index (χ2n) is 6.48. The molecule has 3 unspecified atom stereocenters. The second-order valence-corrected chi connectivity index (χ2v) is 7.34. The van der Waals surface area contributed by atoms with Gasteiger partial charge in [-0.2, -0.15) is 0 Å². The van der Waals surface area contributed by atoms with Crippen LogP contribution >= 0.6 is 11.3 Å². The standard InChI is InChI=1S/C17H19N3OS/c1-10-4-5-18-8-13(10)17-20-15(9-22-17)16(21)19-14-7-11-2-3-12(14)6-11/h4-5,8-9,11-12,14H,2-3,6-7H2,1H3,(H,19,21). The molecule has 2 fully saturated rings. The molecule has 2 saturated carbocycles. The summed E-state index contributed by atoms with van der Waals surface area (Å²) in [5.41, 5.74) is 2.67. The fourth-order valence-corrected chi connectivity index (χ4v) is 4.73. The highest BCUT2D eigenvalue weighted by Crippen LogP contribution is 2.44. The number of carbonyl (C=O) groups is 1. The van der Waals surface area contributed by atoms with Crippen LogP contribution in [0.25, 0.3) is 10.6 Å². The van der Waals surface area contributed by atoms with E-state index in [1.54, 1.807) is 6.20 Å². The molecule has 0 spiro atoms. The number of pyridine rings is 1. The lowest BCUT2D eigenvalue weighted by Gasteiger charge is -2.22. The van der Waals surface area contributed by atoms with E-state index in [1.807, 2.05) is 24.6 Å². The van der Waals surface area contributed by atoms with E-state index in [9.17, 15) is 4.79 Å². The molecule has 2 heterocycles. The van der Waals surface area contributed by atoms with Crippen LogP contribution in [0.2, 0.25) is 0 Å². The number of hydrogen-bond acceptors (Lipinski definition) is 4. The Labute approximate surface area is 134 Å². The number of aromatic nitrogens is 2. The Morgan fingerprint density at radius 3 is 3.00 bits per heavy atom. The summed E-state index contributed by atoms with van der Waals surface area (Å²) in [7, 11) is 0. The molecule has 0 saturated heterocycles. The highest BCUT2D eigenvalue weighted by molar-refractivity contribution is 7.13. The quantitative estimate of drug-likeness (QED) is 0.944. The summed E-state index contributed by atoms with van der Waals surface area (Å²) in [6.45, 7) is 2.04. The number of rotatable bonds is 3. The van der Waals surface area contributed by atoms with Gasteiger partial charge in [-0.05, 0) is 49.7 Å². The van der Waals surface area contributed by atoms with Crippen molar-refractivity contribution in [3.63, 3.8) is 0 Å². The third-order valence-electron chi connectivity index (χ3n) is 5.06. The Balaban J connectivity index is 1.49. The maximum Gasteiger partial charge on any atom is 0.271 e. The molecule has 0 aliphatic heterocycles. The number of amides is 1. The van der Waals surface area contributed by atoms with Crippen molar-refractivity contribution in [2.24, 2.45) is 11.8 Å². The first kappa shape index (κ1) is 13.9. The Morgan fingerprint density at radius 1 is 1.36 bits per heavy atom. The fourth-order valence-electron chi connectivity index (χ4n) is 3.85. The fraction of sp³-hybridized carbons (Fsp3) is 0.471. The first-order valence-corrected chi connectivity index (χ1v) is 8.76. The van der Waals surface area contributed by atoms with E-state index in [4.69, 9.17) is 0 Å². The molecule has 2 bridgehead atoms. The smallest absolute Gasteiger partial charge is 0.271 e. The Hall–Kier alpha value is -1.75. The van der Waals surface area contributed by atoms with Gasteiger partial charge in [-0.1, -0.05) is 6.42 Å². The summed E-state index contributed by atoms with van der Waals surface area (Å²) in [5.74, 6) is 1.49. The van der Waals surface area contributed by atoms with Gasteiger partial charge in [0.05, 0.1) is 0 Å². The zero-order chi connectivity index (χ0) is 15.1. The number of nitrogens with zero attached hydrogens (tertiary/aromatic N) is 2. The van der Waals surface area contributed by atoms with Crippen molar-refractivity contribution in [2.75, 3.05) is 0 Å². The Morgan fingerprint density at radius 2 is 2.27 bits per heavy atom. The lowest BCUT2D eigenvalue weighted by Crippen LogP contribution is -2.38. The molecule has 4 rings (SSSR count). The number of aryl methyl sites for hydroxylation is 1. The van der Waals surface area contributed by atoms with E-state index in [1.165, 1.54) is 30.6 Å². The summed E-state index contributed by atoms with van der Waals surface area (Å²) >= 11 is 1.51. The Kier molecular flexibility index (Phi) is 3.45. The van der Waals surface area contributed by atoms with Gasteiger partial charge in [0.1, 0.15) is 10.7 Å². The molecular formula is C17H19N3OS. The average Bonchev–Trinajstić information content (AvgIpc) is 3.24. The molecule has 5 heteroatoms. The van der Waals surface area contributed by atoms with E-state index in [0.29, 0.717) is 17.7 Å². The van der Waals surface area contributed by atoms with E-state index in [2.05, 4.69) is 15.3 Å². The maximum atomic E-state index is 12.4. The van der Waals surface area contributed by atoms with Gasteiger partial charge in [0, 0.05) is 29.4 Å². The van der Waals surface area contributed by atoms with Gasteiger partial charge < -0.3 is 5.32 Å². The third-order valence-corrected chi connectivity index (χ3v) is 5.94. The van der Waals surface area contributed by atoms with Crippen LogP contribution in [0.5, 0.6) is 0 Å². The van der Waals surface area contributed by atoms with Crippen molar-refractivity contribution in [3.05, 3.63) is 35.1 Å². The lowest BCUT2D eigenvalue weighted by atomic mass is 9.95. The molecule has 4 nitrogen and oxygen atoms in total. The van der Waals surface area contributed by atoms with Gasteiger partial charge in [-0.25, -0.2) is 4.98 Å². The van der Waals surface area contributed by atoms with Crippen LogP contribution in [-0.4, -0.2) is 21.9 Å². The predicted molar refractivity (Wildman–Crippen MR) is 86.8 cm³/mol. The molecule has 1 amide bonds. The zero-order valence-electron chi connectivity index (χ0n) is 12.6. The van der Waals surface area contributed by atoms with Gasteiger partial charge in [-0.3, -0.25) is 9.78 Å². The summed E-state index contributed by atoms with van der Waals surface area (Å²) in [4.78, 5) is 21.1. The number of fused-ring (bicyclic) bond motifs is 2. The van der Waals surface area contributed by atoms with Crippen molar-refractivity contribution in [2.45, 2.75) is 38.6 Å². The lowest BCUT2D eigenvalue weighted by molar-refractivity contribution is 0.0918. The number of carbonyl (C=O) groups excluding carboxylic acids is 1. The van der Waals surface area contributed by atoms with E-state index in [0.717, 1.165) is 28.5 Å². The van der Waals surface area contributed by atoms with E-state index >= 15 is 0 Å². The van der Waals surface area contributed by atoms with Gasteiger partial charge in [0.15, 0.2) is 0 Å². The molecular weight excluding hydrogens is 294 g/mol. The van der Waals surface area contributed by atoms with Gasteiger partial charge in [0.25, 0.3) is 5.91 Å². The number of thiazole rings is 1. The maximum absolute atomic E-state index is 12.4. The van der Waals surface area contributed by atoms with Crippen molar-refractivity contribution >= 4 is 17.2 Å². The minimum absolute atomic E-state index is 0.0263. The number of hydrogen-bond donors (Lipinski definition) is 1. The largest absolute Gasteiger partial charge is 0.348 e. The highest BCUT2D eigenvalue weighted by atomic mass is 32.1. The van der Waals surface area contributed by atoms with Crippen LogP contribution in [0.4, 0.5) is 0 Å². The van der Waals surface area contributed by atoms with Gasteiger partial charge in [0.2, 0.25) is 0 Å². The molecule has 3 atom stereocenters. The summed E-state index contributed by atoms with van der Waals surface area (Å²) < 4.78 is 0. The molecule has 2 aromatic rings. The molecule has 0 aromatic carbocycles. The average molecular weight is 313 g/mol. The zero-order valence-corrected chi connectivity index (χ0v) is 13.4. The monoisotopic (exact) mass is 313 g/mol. The molecule has 2 aromatic heterocycles. The van der Waals surface area contributed by atoms with Crippen LogP contribution in [0.15, 0.2) is 23.8 Å². The minimum atomic E-state index is -0.0263. The van der Waals surface area contributed by atoms with Crippen LogP contribution in [0.1, 0.15) is 41.7 Å². The Bertz CT molecular complexity index is 711. The van der Waals surface area contributed by atoms with Gasteiger partial charge >= 0.3 is 0 Å². The molecule has 22 heavy (non-hydrogen) atoms. The van der Waals surface area contributed by atoms with Crippen molar-refractivity contribution < 1.29 is 4.79 Å². The first-order valence-electron chi connectivity index (χ1n) is 7.88. The minimum Gasteiger partial charge on any atom is -0.348 e. The third kappa shape index (κ3) is 2.43. The van der Waals surface area contributed by atoms with Crippen molar-refractivity contribution in [3.8, 4) is 10.6 Å².